The number of alkyl halides is 1. The number of nitrogens with zero attached hydrogens (tertiary/aromatic N) is 1. The van der Waals surface area contributed by atoms with Crippen LogP contribution in [0.4, 0.5) is 0 Å². The maximum atomic E-state index is 5.00. The Hall–Kier alpha value is -0.310. The Morgan fingerprint density at radius 1 is 1.60 bits per heavy atom. The van der Waals surface area contributed by atoms with E-state index in [1.807, 2.05) is 6.92 Å². The van der Waals surface area contributed by atoms with Crippen LogP contribution < -0.4 is 0 Å². The molecule has 1 heterocycles. The summed E-state index contributed by atoms with van der Waals surface area (Å²) in [5.74, 6) is 0.925. The van der Waals surface area contributed by atoms with Crippen LogP contribution in [0.3, 0.4) is 0 Å². The van der Waals surface area contributed by atoms with Gasteiger partial charge in [-0.3, -0.25) is 0 Å². The van der Waals surface area contributed by atoms with Gasteiger partial charge in [-0.05, 0) is 13.3 Å². The molecule has 1 aromatic heterocycles. The molecule has 0 fully saturated rings. The second kappa shape index (κ2) is 3.19. The minimum absolute atomic E-state index is 0.839. The molecule has 0 radical (unpaired) electrons. The molecule has 0 aliphatic rings. The molecule has 0 aliphatic heterocycles. The van der Waals surface area contributed by atoms with Crippen molar-refractivity contribution in [3.8, 4) is 0 Å². The largest absolute Gasteiger partial charge is 0.361 e. The summed E-state index contributed by atoms with van der Waals surface area (Å²) in [6.07, 6.45) is 0.943. The summed E-state index contributed by atoms with van der Waals surface area (Å²) < 4.78 is 5.00. The molecule has 0 unspecified atom stereocenters. The molecule has 0 N–H and O–H groups in total. The summed E-state index contributed by atoms with van der Waals surface area (Å²) >= 11 is 3.38. The Kier molecular flexibility index (Phi) is 2.49. The van der Waals surface area contributed by atoms with Gasteiger partial charge in [0.1, 0.15) is 5.76 Å². The van der Waals surface area contributed by atoms with Crippen molar-refractivity contribution in [2.24, 2.45) is 0 Å². The van der Waals surface area contributed by atoms with Gasteiger partial charge in [-0.2, -0.15) is 0 Å². The van der Waals surface area contributed by atoms with Gasteiger partial charge in [-0.15, -0.1) is 0 Å². The van der Waals surface area contributed by atoms with Crippen molar-refractivity contribution in [1.82, 2.24) is 5.16 Å². The Labute approximate surface area is 68.7 Å². The van der Waals surface area contributed by atoms with Crippen molar-refractivity contribution >= 4 is 15.9 Å². The molecule has 0 spiro atoms. The van der Waals surface area contributed by atoms with Crippen LogP contribution in [-0.2, 0) is 11.8 Å². The average molecular weight is 204 g/mol. The maximum absolute atomic E-state index is 5.00. The standard InChI is InChI=1S/C7H10BrNO/c1-3-7-6(4-8)5(2)10-9-7/h3-4H2,1-2H3. The molecule has 0 saturated heterocycles. The van der Waals surface area contributed by atoms with E-state index in [4.69, 9.17) is 4.52 Å². The molecular weight excluding hydrogens is 194 g/mol. The highest BCUT2D eigenvalue weighted by Crippen LogP contribution is 2.16. The van der Waals surface area contributed by atoms with E-state index in [-0.39, 0.29) is 0 Å². The van der Waals surface area contributed by atoms with Crippen molar-refractivity contribution in [3.05, 3.63) is 17.0 Å². The Balaban J connectivity index is 3.01. The van der Waals surface area contributed by atoms with Gasteiger partial charge in [-0.25, -0.2) is 0 Å². The average Bonchev–Trinajstić information content (AvgIpc) is 2.30. The monoisotopic (exact) mass is 203 g/mol. The number of rotatable bonds is 2. The van der Waals surface area contributed by atoms with Gasteiger partial charge in [0, 0.05) is 10.9 Å². The molecule has 0 aliphatic carbocycles. The Bertz CT molecular complexity index is 219. The minimum atomic E-state index is 0.839. The molecule has 1 rings (SSSR count). The van der Waals surface area contributed by atoms with Crippen LogP contribution >= 0.6 is 15.9 Å². The lowest BCUT2D eigenvalue weighted by molar-refractivity contribution is 0.390. The molecule has 0 aromatic carbocycles. The van der Waals surface area contributed by atoms with Gasteiger partial charge in [0.25, 0.3) is 0 Å². The molecular formula is C7H10BrNO. The van der Waals surface area contributed by atoms with Crippen molar-refractivity contribution < 1.29 is 4.52 Å². The van der Waals surface area contributed by atoms with Gasteiger partial charge < -0.3 is 4.52 Å². The smallest absolute Gasteiger partial charge is 0.137 e. The SMILES string of the molecule is CCc1noc(C)c1CBr. The minimum Gasteiger partial charge on any atom is -0.361 e. The topological polar surface area (TPSA) is 26.0 Å². The Morgan fingerprint density at radius 3 is 2.70 bits per heavy atom. The van der Waals surface area contributed by atoms with Crippen LogP contribution in [-0.4, -0.2) is 5.16 Å². The highest BCUT2D eigenvalue weighted by atomic mass is 79.9. The van der Waals surface area contributed by atoms with Crippen molar-refractivity contribution in [2.45, 2.75) is 25.6 Å². The fraction of sp³-hybridized carbons (Fsp3) is 0.571. The predicted octanol–water partition coefficient (Wildman–Crippen LogP) is 2.44. The van der Waals surface area contributed by atoms with Crippen LogP contribution in [0.5, 0.6) is 0 Å². The van der Waals surface area contributed by atoms with Crippen LogP contribution in [0, 0.1) is 6.92 Å². The lowest BCUT2D eigenvalue weighted by atomic mass is 10.2. The lowest BCUT2D eigenvalue weighted by Gasteiger charge is -1.90. The van der Waals surface area contributed by atoms with E-state index in [9.17, 15) is 0 Å². The van der Waals surface area contributed by atoms with Crippen LogP contribution in [0.1, 0.15) is 23.9 Å². The summed E-state index contributed by atoms with van der Waals surface area (Å²) in [7, 11) is 0. The van der Waals surface area contributed by atoms with Gasteiger partial charge in [0.2, 0.25) is 0 Å². The zero-order valence-electron chi connectivity index (χ0n) is 6.15. The third kappa shape index (κ3) is 1.24. The summed E-state index contributed by atoms with van der Waals surface area (Å²) in [4.78, 5) is 0. The zero-order chi connectivity index (χ0) is 7.56. The van der Waals surface area contributed by atoms with E-state index < -0.39 is 0 Å². The normalized spacial score (nSPS) is 10.3. The molecule has 0 saturated carbocycles. The molecule has 10 heavy (non-hydrogen) atoms. The van der Waals surface area contributed by atoms with Gasteiger partial charge in [0.05, 0.1) is 5.69 Å². The van der Waals surface area contributed by atoms with Crippen LogP contribution in [0.2, 0.25) is 0 Å². The van der Waals surface area contributed by atoms with Crippen molar-refractivity contribution in [1.29, 1.82) is 0 Å². The quantitative estimate of drug-likeness (QED) is 0.691. The molecule has 2 nitrogen and oxygen atoms in total. The van der Waals surface area contributed by atoms with Crippen molar-refractivity contribution in [3.63, 3.8) is 0 Å². The summed E-state index contributed by atoms with van der Waals surface area (Å²) in [5, 5.41) is 4.74. The second-order valence-electron chi connectivity index (χ2n) is 2.15. The first-order valence-electron chi connectivity index (χ1n) is 3.29. The van der Waals surface area contributed by atoms with Crippen LogP contribution in [0.25, 0.3) is 0 Å². The fourth-order valence-corrected chi connectivity index (χ4v) is 1.60. The third-order valence-electron chi connectivity index (χ3n) is 1.53. The summed E-state index contributed by atoms with van der Waals surface area (Å²) in [5.41, 5.74) is 2.26. The number of hydrogen-bond acceptors (Lipinski definition) is 2. The lowest BCUT2D eigenvalue weighted by Crippen LogP contribution is -1.85. The fourth-order valence-electron chi connectivity index (χ4n) is 0.886. The Morgan fingerprint density at radius 2 is 2.30 bits per heavy atom. The predicted molar refractivity (Wildman–Crippen MR) is 43.2 cm³/mol. The van der Waals surface area contributed by atoms with Gasteiger partial charge in [-0.1, -0.05) is 28.0 Å². The molecule has 3 heteroatoms. The zero-order valence-corrected chi connectivity index (χ0v) is 7.73. The molecule has 56 valence electrons. The van der Waals surface area contributed by atoms with Crippen LogP contribution in [0.15, 0.2) is 4.52 Å². The number of aryl methyl sites for hydroxylation is 2. The molecule has 0 amide bonds. The maximum Gasteiger partial charge on any atom is 0.137 e. The first kappa shape index (κ1) is 7.79. The highest BCUT2D eigenvalue weighted by molar-refractivity contribution is 9.08. The first-order valence-corrected chi connectivity index (χ1v) is 4.41. The number of halogens is 1. The second-order valence-corrected chi connectivity index (χ2v) is 2.71. The number of hydrogen-bond donors (Lipinski definition) is 0. The number of aromatic nitrogens is 1. The van der Waals surface area contributed by atoms with E-state index >= 15 is 0 Å². The molecule has 0 atom stereocenters. The first-order chi connectivity index (χ1) is 4.79. The van der Waals surface area contributed by atoms with E-state index in [1.54, 1.807) is 0 Å². The van der Waals surface area contributed by atoms with Gasteiger partial charge >= 0.3 is 0 Å². The van der Waals surface area contributed by atoms with Crippen molar-refractivity contribution in [2.75, 3.05) is 0 Å². The van der Waals surface area contributed by atoms with E-state index in [0.717, 1.165) is 23.2 Å². The van der Waals surface area contributed by atoms with Gasteiger partial charge in [0.15, 0.2) is 0 Å². The molecule has 0 bridgehead atoms. The summed E-state index contributed by atoms with van der Waals surface area (Å²) in [6, 6.07) is 0. The summed E-state index contributed by atoms with van der Waals surface area (Å²) in [6.45, 7) is 4.01. The van der Waals surface area contributed by atoms with E-state index in [1.165, 1.54) is 5.56 Å². The van der Waals surface area contributed by atoms with E-state index in [2.05, 4.69) is 28.0 Å². The van der Waals surface area contributed by atoms with E-state index in [0.29, 0.717) is 0 Å². The third-order valence-corrected chi connectivity index (χ3v) is 2.10. The highest BCUT2D eigenvalue weighted by Gasteiger charge is 2.08. The molecule has 1 aromatic rings.